The molecule has 0 atom stereocenters. The molecule has 0 fully saturated rings. The van der Waals surface area contributed by atoms with E-state index in [4.69, 9.17) is 11.6 Å². The highest BCUT2D eigenvalue weighted by Crippen LogP contribution is 2.23. The van der Waals surface area contributed by atoms with E-state index in [2.05, 4.69) is 55.3 Å². The SMILES string of the molecule is CC(C)(C)c1ccc(CN(CCCn2ccnc2)C(=O)Nc2ccc(Cl)cc2)cc1. The van der Waals surface area contributed by atoms with Crippen LogP contribution in [0.5, 0.6) is 0 Å². The predicted octanol–water partition coefficient (Wildman–Crippen LogP) is 5.96. The van der Waals surface area contributed by atoms with E-state index in [1.54, 1.807) is 24.7 Å². The number of hydrogen-bond acceptors (Lipinski definition) is 2. The van der Waals surface area contributed by atoms with E-state index < -0.39 is 0 Å². The van der Waals surface area contributed by atoms with E-state index in [1.807, 2.05) is 27.8 Å². The van der Waals surface area contributed by atoms with Crippen molar-refractivity contribution in [2.45, 2.75) is 45.7 Å². The number of aryl methyl sites for hydroxylation is 1. The largest absolute Gasteiger partial charge is 0.337 e. The predicted molar refractivity (Wildman–Crippen MR) is 123 cm³/mol. The number of hydrogen-bond donors (Lipinski definition) is 1. The molecule has 0 unspecified atom stereocenters. The third-order valence-electron chi connectivity index (χ3n) is 4.98. The monoisotopic (exact) mass is 424 g/mol. The number of carbonyl (C=O) groups is 1. The van der Waals surface area contributed by atoms with Gasteiger partial charge in [-0.2, -0.15) is 0 Å². The molecule has 2 amide bonds. The van der Waals surface area contributed by atoms with Crippen LogP contribution in [0.1, 0.15) is 38.3 Å². The van der Waals surface area contributed by atoms with Gasteiger partial charge in [-0.25, -0.2) is 9.78 Å². The third kappa shape index (κ3) is 6.36. The Morgan fingerprint density at radius 1 is 1.10 bits per heavy atom. The summed E-state index contributed by atoms with van der Waals surface area (Å²) in [5.41, 5.74) is 3.22. The van der Waals surface area contributed by atoms with Crippen molar-refractivity contribution in [3.63, 3.8) is 0 Å². The molecule has 2 aromatic carbocycles. The molecule has 1 heterocycles. The van der Waals surface area contributed by atoms with Gasteiger partial charge in [0.05, 0.1) is 6.33 Å². The number of halogens is 1. The molecule has 6 heteroatoms. The van der Waals surface area contributed by atoms with Crippen molar-refractivity contribution in [1.82, 2.24) is 14.5 Å². The zero-order valence-corrected chi connectivity index (χ0v) is 18.6. The van der Waals surface area contributed by atoms with E-state index in [9.17, 15) is 4.79 Å². The summed E-state index contributed by atoms with van der Waals surface area (Å²) in [7, 11) is 0. The minimum atomic E-state index is -0.122. The maximum absolute atomic E-state index is 13.0. The molecule has 0 radical (unpaired) electrons. The summed E-state index contributed by atoms with van der Waals surface area (Å²) >= 11 is 5.95. The normalized spacial score (nSPS) is 11.3. The summed E-state index contributed by atoms with van der Waals surface area (Å²) in [6.07, 6.45) is 6.33. The van der Waals surface area contributed by atoms with E-state index in [1.165, 1.54) is 5.56 Å². The lowest BCUT2D eigenvalue weighted by molar-refractivity contribution is 0.207. The summed E-state index contributed by atoms with van der Waals surface area (Å²) < 4.78 is 2.02. The van der Waals surface area contributed by atoms with Crippen LogP contribution in [-0.4, -0.2) is 27.0 Å². The highest BCUT2D eigenvalue weighted by Gasteiger charge is 2.16. The van der Waals surface area contributed by atoms with Gasteiger partial charge in [0.15, 0.2) is 0 Å². The molecular formula is C24H29ClN4O. The Hall–Kier alpha value is -2.79. The fourth-order valence-electron chi connectivity index (χ4n) is 3.18. The van der Waals surface area contributed by atoms with Crippen LogP contribution in [-0.2, 0) is 18.5 Å². The zero-order valence-electron chi connectivity index (χ0n) is 17.8. The highest BCUT2D eigenvalue weighted by atomic mass is 35.5. The van der Waals surface area contributed by atoms with Gasteiger partial charge in [-0.15, -0.1) is 0 Å². The van der Waals surface area contributed by atoms with Gasteiger partial charge in [-0.1, -0.05) is 56.6 Å². The lowest BCUT2D eigenvalue weighted by atomic mass is 9.87. The minimum Gasteiger partial charge on any atom is -0.337 e. The Balaban J connectivity index is 1.68. The summed E-state index contributed by atoms with van der Waals surface area (Å²) in [4.78, 5) is 18.9. The van der Waals surface area contributed by atoms with E-state index in [-0.39, 0.29) is 11.4 Å². The molecule has 0 bridgehead atoms. The van der Waals surface area contributed by atoms with Gasteiger partial charge in [0.25, 0.3) is 0 Å². The summed E-state index contributed by atoms with van der Waals surface area (Å²) in [5.74, 6) is 0. The van der Waals surface area contributed by atoms with Crippen LogP contribution in [0, 0.1) is 0 Å². The van der Waals surface area contributed by atoms with E-state index in [0.717, 1.165) is 24.2 Å². The zero-order chi connectivity index (χ0) is 21.6. The molecule has 0 aliphatic rings. The van der Waals surface area contributed by atoms with Crippen molar-refractivity contribution in [1.29, 1.82) is 0 Å². The second kappa shape index (κ2) is 9.81. The Bertz CT molecular complexity index is 929. The number of rotatable bonds is 7. The lowest BCUT2D eigenvalue weighted by Crippen LogP contribution is -2.35. The number of urea groups is 1. The Morgan fingerprint density at radius 2 is 1.80 bits per heavy atom. The molecule has 1 N–H and O–H groups in total. The quantitative estimate of drug-likeness (QED) is 0.508. The van der Waals surface area contributed by atoms with Crippen LogP contribution >= 0.6 is 11.6 Å². The highest BCUT2D eigenvalue weighted by molar-refractivity contribution is 6.30. The van der Waals surface area contributed by atoms with Crippen molar-refractivity contribution in [3.8, 4) is 0 Å². The fourth-order valence-corrected chi connectivity index (χ4v) is 3.31. The van der Waals surface area contributed by atoms with Crippen molar-refractivity contribution in [3.05, 3.63) is 83.4 Å². The number of benzene rings is 2. The molecular weight excluding hydrogens is 396 g/mol. The average Bonchev–Trinajstić information content (AvgIpc) is 3.22. The standard InChI is InChI=1S/C24H29ClN4O/c1-24(2,3)20-7-5-19(6-8-20)17-29(15-4-14-28-16-13-26-18-28)23(30)27-22-11-9-21(25)10-12-22/h5-13,16,18H,4,14-15,17H2,1-3H3,(H,27,30). The minimum absolute atomic E-state index is 0.106. The van der Waals surface area contributed by atoms with Gasteiger partial charge in [-0.3, -0.25) is 0 Å². The van der Waals surface area contributed by atoms with Crippen LogP contribution in [0.25, 0.3) is 0 Å². The van der Waals surface area contributed by atoms with Crippen molar-refractivity contribution >= 4 is 23.3 Å². The van der Waals surface area contributed by atoms with Crippen molar-refractivity contribution < 1.29 is 4.79 Å². The molecule has 5 nitrogen and oxygen atoms in total. The molecule has 0 saturated carbocycles. The second-order valence-corrected chi connectivity index (χ2v) is 8.90. The molecule has 3 rings (SSSR count). The topological polar surface area (TPSA) is 50.2 Å². The number of nitrogens with one attached hydrogen (secondary N) is 1. The van der Waals surface area contributed by atoms with Crippen LogP contribution in [0.15, 0.2) is 67.3 Å². The molecule has 0 spiro atoms. The summed E-state index contributed by atoms with van der Waals surface area (Å²) in [6, 6.07) is 15.6. The van der Waals surface area contributed by atoms with Gasteiger partial charge in [0, 0.05) is 42.7 Å². The van der Waals surface area contributed by atoms with Crippen molar-refractivity contribution in [2.24, 2.45) is 0 Å². The first-order chi connectivity index (χ1) is 14.3. The van der Waals surface area contributed by atoms with Crippen LogP contribution in [0.3, 0.4) is 0 Å². The number of anilines is 1. The molecule has 1 aromatic heterocycles. The molecule has 3 aromatic rings. The Morgan fingerprint density at radius 3 is 2.40 bits per heavy atom. The Labute approximate surface area is 183 Å². The molecule has 0 aliphatic heterocycles. The lowest BCUT2D eigenvalue weighted by Gasteiger charge is -2.24. The number of aromatic nitrogens is 2. The van der Waals surface area contributed by atoms with Gasteiger partial charge >= 0.3 is 6.03 Å². The molecule has 0 aliphatic carbocycles. The van der Waals surface area contributed by atoms with Crippen molar-refractivity contribution in [2.75, 3.05) is 11.9 Å². The van der Waals surface area contributed by atoms with Crippen LogP contribution < -0.4 is 5.32 Å². The maximum atomic E-state index is 13.0. The van der Waals surface area contributed by atoms with Gasteiger partial charge in [-0.05, 0) is 47.2 Å². The first kappa shape index (κ1) is 21.9. The average molecular weight is 425 g/mol. The summed E-state index contributed by atoms with van der Waals surface area (Å²) in [5, 5.41) is 3.62. The summed E-state index contributed by atoms with van der Waals surface area (Å²) in [6.45, 7) is 8.60. The maximum Gasteiger partial charge on any atom is 0.322 e. The number of carbonyl (C=O) groups excluding carboxylic acids is 1. The first-order valence-electron chi connectivity index (χ1n) is 10.2. The second-order valence-electron chi connectivity index (χ2n) is 8.46. The first-order valence-corrected chi connectivity index (χ1v) is 10.6. The molecule has 0 saturated heterocycles. The number of nitrogens with zero attached hydrogens (tertiary/aromatic N) is 3. The molecule has 30 heavy (non-hydrogen) atoms. The van der Waals surface area contributed by atoms with E-state index in [0.29, 0.717) is 18.1 Å². The molecule has 158 valence electrons. The fraction of sp³-hybridized carbons (Fsp3) is 0.333. The smallest absolute Gasteiger partial charge is 0.322 e. The van der Waals surface area contributed by atoms with Gasteiger partial charge < -0.3 is 14.8 Å². The van der Waals surface area contributed by atoms with E-state index >= 15 is 0 Å². The number of imidazole rings is 1. The Kier molecular flexibility index (Phi) is 7.16. The number of amides is 2. The van der Waals surface area contributed by atoms with Gasteiger partial charge in [0.1, 0.15) is 0 Å². The van der Waals surface area contributed by atoms with Crippen LogP contribution in [0.2, 0.25) is 5.02 Å². The third-order valence-corrected chi connectivity index (χ3v) is 5.23. The van der Waals surface area contributed by atoms with Gasteiger partial charge in [0.2, 0.25) is 0 Å². The van der Waals surface area contributed by atoms with Crippen LogP contribution in [0.4, 0.5) is 10.5 Å².